The van der Waals surface area contributed by atoms with E-state index in [2.05, 4.69) is 170 Å². The number of benzene rings is 8. The maximum absolute atomic E-state index is 6.08. The summed E-state index contributed by atoms with van der Waals surface area (Å²) in [5.74, 6) is 6.67. The topological polar surface area (TPSA) is 36.9 Å². The molecule has 8 fully saturated rings. The van der Waals surface area contributed by atoms with Crippen LogP contribution >= 0.6 is 0 Å². The van der Waals surface area contributed by atoms with E-state index in [-0.39, 0.29) is 21.7 Å². The van der Waals surface area contributed by atoms with Gasteiger partial charge in [-0.2, -0.15) is 0 Å². The van der Waals surface area contributed by atoms with Gasteiger partial charge in [0.25, 0.3) is 0 Å². The molecule has 0 aliphatic heterocycles. The fraction of sp³-hybridized carbons (Fsp3) is 0.351. The molecule has 8 aromatic rings. The van der Waals surface area contributed by atoms with Gasteiger partial charge in [0.1, 0.15) is 23.0 Å². The van der Waals surface area contributed by atoms with Gasteiger partial charge in [-0.1, -0.05) is 121 Å². The Labute approximate surface area is 462 Å². The number of hydrogen-bond acceptors (Lipinski definition) is 4. The van der Waals surface area contributed by atoms with Crippen molar-refractivity contribution in [3.05, 3.63) is 214 Å². The van der Waals surface area contributed by atoms with Crippen LogP contribution in [0, 0.1) is 23.7 Å². The highest BCUT2D eigenvalue weighted by molar-refractivity contribution is 5.76. The van der Waals surface area contributed by atoms with Crippen LogP contribution in [-0.2, 0) is 34.5 Å². The molecule has 0 amide bonds. The molecule has 0 radical (unpaired) electrons. The van der Waals surface area contributed by atoms with Crippen LogP contribution in [0.1, 0.15) is 122 Å². The number of hydrogen-bond donors (Lipinski definition) is 0. The minimum atomic E-state index is 0.190. The fourth-order valence-electron chi connectivity index (χ4n) is 18.7. The molecule has 0 atom stereocenters. The van der Waals surface area contributed by atoms with Gasteiger partial charge in [-0.3, -0.25) is 0 Å². The monoisotopic (exact) mass is 1020 g/mol. The molecule has 15 aliphatic carbocycles. The van der Waals surface area contributed by atoms with E-state index in [1.807, 2.05) is 0 Å². The first-order valence-corrected chi connectivity index (χ1v) is 29.2. The van der Waals surface area contributed by atoms with Crippen molar-refractivity contribution in [2.45, 2.75) is 112 Å². The fourth-order valence-corrected chi connectivity index (χ4v) is 18.7. The Bertz CT molecular complexity index is 3110. The highest BCUT2D eigenvalue weighted by Gasteiger charge is 2.60. The first-order chi connectivity index (χ1) is 38.1. The Morgan fingerprint density at radius 2 is 0.500 bits per heavy atom. The van der Waals surface area contributed by atoms with E-state index in [0.29, 0.717) is 0 Å². The van der Waals surface area contributed by atoms with Gasteiger partial charge in [0.2, 0.25) is 0 Å². The van der Waals surface area contributed by atoms with Crippen molar-refractivity contribution < 1.29 is 18.9 Å². The largest absolute Gasteiger partial charge is 0.496 e. The van der Waals surface area contributed by atoms with Gasteiger partial charge >= 0.3 is 0 Å². The van der Waals surface area contributed by atoms with Gasteiger partial charge < -0.3 is 18.9 Å². The molecule has 15 aliphatic rings. The zero-order valence-electron chi connectivity index (χ0n) is 46.0. The van der Waals surface area contributed by atoms with Crippen LogP contribution in [0.3, 0.4) is 0 Å². The SMILES string of the molecule is COc1ccc2cc1-c1ccc(cc1)C13CC4CC(C1)CC(C4)(C3)c1ccc(cc1)-c1cc(ccc1OC)Cc1ccc(OC)c(c1)-c1ccc(cc1)C13CC4CC(CC(C4)(C1)c1ccc(cc1)-c1cc(ccc1OC)C2)C3. The Hall–Kier alpha value is -7.04. The summed E-state index contributed by atoms with van der Waals surface area (Å²) in [7, 11) is 7.22. The lowest BCUT2D eigenvalue weighted by molar-refractivity contribution is -0.0282. The molecule has 392 valence electrons. The smallest absolute Gasteiger partial charge is 0.126 e. The lowest BCUT2D eigenvalue weighted by atomic mass is 9.41. The second kappa shape index (κ2) is 18.3. The van der Waals surface area contributed by atoms with Crippen LogP contribution in [0.4, 0.5) is 0 Å². The van der Waals surface area contributed by atoms with Gasteiger partial charge in [-0.25, -0.2) is 0 Å². The summed E-state index contributed by atoms with van der Waals surface area (Å²) in [4.78, 5) is 0. The van der Waals surface area contributed by atoms with Gasteiger partial charge in [-0.05, 0) is 251 Å². The van der Waals surface area contributed by atoms with E-state index in [0.717, 1.165) is 81.8 Å². The molecule has 8 aromatic carbocycles. The van der Waals surface area contributed by atoms with Crippen LogP contribution in [0.15, 0.2) is 170 Å². The lowest BCUT2D eigenvalue weighted by Crippen LogP contribution is -2.55. The average molecular weight is 1030 g/mol. The molecule has 4 spiro atoms. The Balaban J connectivity index is 0.824. The van der Waals surface area contributed by atoms with E-state index in [4.69, 9.17) is 18.9 Å². The summed E-state index contributed by atoms with van der Waals surface area (Å²) in [5.41, 5.74) is 21.3. The summed E-state index contributed by atoms with van der Waals surface area (Å²) >= 11 is 0. The maximum Gasteiger partial charge on any atom is 0.126 e. The Morgan fingerprint density at radius 3 is 0.705 bits per heavy atom. The van der Waals surface area contributed by atoms with Crippen LogP contribution in [-0.4, -0.2) is 28.4 Å². The van der Waals surface area contributed by atoms with E-state index >= 15 is 0 Å². The lowest BCUT2D eigenvalue weighted by Gasteiger charge is -2.63. The van der Waals surface area contributed by atoms with Gasteiger partial charge in [0.15, 0.2) is 0 Å². The maximum atomic E-state index is 6.08. The summed E-state index contributed by atoms with van der Waals surface area (Å²) in [6.45, 7) is 0. The third-order valence-corrected chi connectivity index (χ3v) is 21.2. The minimum Gasteiger partial charge on any atom is -0.496 e. The van der Waals surface area contributed by atoms with Crippen LogP contribution in [0.5, 0.6) is 23.0 Å². The highest BCUT2D eigenvalue weighted by Crippen LogP contribution is 2.68. The molecular weight excluding hydrogens is 953 g/mol. The predicted molar refractivity (Wildman–Crippen MR) is 315 cm³/mol. The minimum absolute atomic E-state index is 0.190. The van der Waals surface area contributed by atoms with Crippen LogP contribution in [0.2, 0.25) is 0 Å². The summed E-state index contributed by atoms with van der Waals surface area (Å²) in [6, 6.07) is 65.9. The molecule has 4 nitrogen and oxygen atoms in total. The molecule has 0 N–H and O–H groups in total. The molecule has 8 saturated carbocycles. The molecule has 23 rings (SSSR count). The molecule has 24 bridgehead atoms. The first kappa shape index (κ1) is 48.1. The van der Waals surface area contributed by atoms with Crippen molar-refractivity contribution >= 4 is 0 Å². The molecule has 0 aromatic heterocycles. The van der Waals surface area contributed by atoms with E-state index in [1.165, 1.54) is 144 Å². The van der Waals surface area contributed by atoms with Crippen LogP contribution in [0.25, 0.3) is 44.5 Å². The van der Waals surface area contributed by atoms with Crippen molar-refractivity contribution in [3.63, 3.8) is 0 Å². The average Bonchev–Trinajstić information content (AvgIpc) is 3.66. The van der Waals surface area contributed by atoms with Crippen molar-refractivity contribution in [2.75, 3.05) is 28.4 Å². The molecular formula is C74H72O4. The van der Waals surface area contributed by atoms with Gasteiger partial charge in [0.05, 0.1) is 28.4 Å². The van der Waals surface area contributed by atoms with Crippen molar-refractivity contribution in [3.8, 4) is 67.5 Å². The van der Waals surface area contributed by atoms with Crippen LogP contribution < -0.4 is 18.9 Å². The Morgan fingerprint density at radius 1 is 0.282 bits per heavy atom. The van der Waals surface area contributed by atoms with E-state index in [1.54, 1.807) is 28.4 Å². The van der Waals surface area contributed by atoms with Crippen molar-refractivity contribution in [1.29, 1.82) is 0 Å². The van der Waals surface area contributed by atoms with Gasteiger partial charge in [-0.15, -0.1) is 0 Å². The highest BCUT2D eigenvalue weighted by atomic mass is 16.5. The normalized spacial score (nSPS) is 27.7. The molecule has 0 unspecified atom stereocenters. The molecule has 4 heteroatoms. The number of ether oxygens (including phenoxy) is 4. The Kier molecular flexibility index (Phi) is 11.3. The van der Waals surface area contributed by atoms with Gasteiger partial charge in [0, 0.05) is 22.3 Å². The first-order valence-electron chi connectivity index (χ1n) is 29.2. The van der Waals surface area contributed by atoms with Crippen molar-refractivity contribution in [2.24, 2.45) is 23.7 Å². The number of methoxy groups -OCH3 is 4. The van der Waals surface area contributed by atoms with E-state index < -0.39 is 0 Å². The zero-order chi connectivity index (χ0) is 52.4. The quantitative estimate of drug-likeness (QED) is 0.176. The van der Waals surface area contributed by atoms with Crippen molar-refractivity contribution in [1.82, 2.24) is 0 Å². The summed E-state index contributed by atoms with van der Waals surface area (Å²) < 4.78 is 24.3. The second-order valence-electron chi connectivity index (χ2n) is 25.8. The van der Waals surface area contributed by atoms with E-state index in [9.17, 15) is 0 Å². The summed E-state index contributed by atoms with van der Waals surface area (Å²) in [5, 5.41) is 0. The number of rotatable bonds is 4. The zero-order valence-corrected chi connectivity index (χ0v) is 46.0. The standard InChI is InChI=1S/C74H72O4/c1-75-67-25-5-47-29-48-6-26-68(76-2)64(34-48)56-11-19-61(20-12-56)73-41-53-32-54(42-73)44-74(43-53,46-73)62-23-15-58(16-24-62)66-36-50(8-28-70(66)78-4)30-49-7-27-69(77-3)65(35-49)57-13-21-60(22-14-57)72-39-51-31-52(40-72)38-71(37-51,45-72)59-17-9-55(10-18-59)63(67)33-47/h5-28,33-36,51-54H,29-32,37-46H2,1-4H3. The molecule has 0 heterocycles. The third-order valence-electron chi connectivity index (χ3n) is 21.2. The second-order valence-corrected chi connectivity index (χ2v) is 25.8. The predicted octanol–water partition coefficient (Wildman–Crippen LogP) is 17.5. The molecule has 78 heavy (non-hydrogen) atoms. The summed E-state index contributed by atoms with van der Waals surface area (Å²) in [6.07, 6.45) is 17.2. The molecule has 0 saturated heterocycles. The third kappa shape index (κ3) is 7.89.